The van der Waals surface area contributed by atoms with Crippen molar-refractivity contribution in [3.63, 3.8) is 0 Å². The van der Waals surface area contributed by atoms with Gasteiger partial charge in [-0.3, -0.25) is 0 Å². The number of esters is 1. The Morgan fingerprint density at radius 3 is 2.50 bits per heavy atom. The van der Waals surface area contributed by atoms with Gasteiger partial charge in [0.2, 0.25) is 10.0 Å². The van der Waals surface area contributed by atoms with E-state index in [4.69, 9.17) is 5.73 Å². The van der Waals surface area contributed by atoms with E-state index in [1.54, 1.807) is 12.1 Å². The number of hydrogen-bond donors (Lipinski definition) is 1. The van der Waals surface area contributed by atoms with Crippen LogP contribution in [0.4, 0.5) is 0 Å². The van der Waals surface area contributed by atoms with Crippen LogP contribution in [0.25, 0.3) is 0 Å². The molecule has 1 heterocycles. The second-order valence-electron chi connectivity index (χ2n) is 4.73. The quantitative estimate of drug-likeness (QED) is 0.825. The van der Waals surface area contributed by atoms with Gasteiger partial charge in [-0.25, -0.2) is 13.2 Å². The van der Waals surface area contributed by atoms with Crippen LogP contribution in [-0.2, 0) is 14.8 Å². The highest BCUT2D eigenvalue weighted by molar-refractivity contribution is 7.89. The third kappa shape index (κ3) is 2.84. The Kier molecular flexibility index (Phi) is 4.42. The molecule has 2 rings (SSSR count). The molecular formula is C13H18N2O4S. The zero-order valence-corrected chi connectivity index (χ0v) is 12.1. The molecular weight excluding hydrogens is 280 g/mol. The average molecular weight is 298 g/mol. The molecule has 0 aromatic heterocycles. The second-order valence-corrected chi connectivity index (χ2v) is 6.64. The lowest BCUT2D eigenvalue weighted by Gasteiger charge is -2.29. The monoisotopic (exact) mass is 298 g/mol. The summed E-state index contributed by atoms with van der Waals surface area (Å²) >= 11 is 0. The van der Waals surface area contributed by atoms with Crippen LogP contribution in [0.5, 0.6) is 0 Å². The van der Waals surface area contributed by atoms with Gasteiger partial charge in [0.1, 0.15) is 0 Å². The summed E-state index contributed by atoms with van der Waals surface area (Å²) in [6.45, 7) is 0.748. The lowest BCUT2D eigenvalue weighted by molar-refractivity contribution is 0.0596. The molecule has 20 heavy (non-hydrogen) atoms. The Morgan fingerprint density at radius 2 is 1.90 bits per heavy atom. The number of methoxy groups -OCH3 is 1. The fourth-order valence-corrected chi connectivity index (χ4v) is 3.87. The molecule has 0 amide bonds. The molecule has 7 heteroatoms. The van der Waals surface area contributed by atoms with Crippen molar-refractivity contribution >= 4 is 16.0 Å². The molecule has 0 aliphatic carbocycles. The zero-order valence-electron chi connectivity index (χ0n) is 11.3. The normalized spacial score (nSPS) is 17.9. The minimum atomic E-state index is -3.69. The van der Waals surface area contributed by atoms with Gasteiger partial charge in [-0.2, -0.15) is 4.31 Å². The third-order valence-corrected chi connectivity index (χ3v) is 5.37. The Balaban J connectivity index is 2.37. The number of sulfonamides is 1. The fraction of sp³-hybridized carbons (Fsp3) is 0.462. The van der Waals surface area contributed by atoms with E-state index in [0.717, 1.165) is 0 Å². The van der Waals surface area contributed by atoms with Gasteiger partial charge in [-0.1, -0.05) is 12.1 Å². The zero-order chi connectivity index (χ0) is 14.8. The van der Waals surface area contributed by atoms with Crippen molar-refractivity contribution in [1.82, 2.24) is 4.31 Å². The molecule has 1 fully saturated rings. The predicted octanol–water partition coefficient (Wildman–Crippen LogP) is 0.585. The van der Waals surface area contributed by atoms with E-state index >= 15 is 0 Å². The van der Waals surface area contributed by atoms with Gasteiger partial charge in [-0.15, -0.1) is 0 Å². The lowest BCUT2D eigenvalue weighted by atomic mass is 10.1. The molecule has 1 aliphatic rings. The first kappa shape index (κ1) is 15.0. The smallest absolute Gasteiger partial charge is 0.339 e. The number of nitrogens with two attached hydrogens (primary N) is 1. The number of benzene rings is 1. The highest BCUT2D eigenvalue weighted by Crippen LogP contribution is 2.23. The van der Waals surface area contributed by atoms with E-state index < -0.39 is 16.0 Å². The van der Waals surface area contributed by atoms with E-state index in [2.05, 4.69) is 4.74 Å². The Morgan fingerprint density at radius 1 is 1.30 bits per heavy atom. The van der Waals surface area contributed by atoms with Crippen molar-refractivity contribution in [2.45, 2.75) is 23.8 Å². The molecule has 1 aromatic carbocycles. The van der Waals surface area contributed by atoms with Crippen LogP contribution in [0.1, 0.15) is 23.2 Å². The first-order chi connectivity index (χ1) is 9.46. The first-order valence-corrected chi connectivity index (χ1v) is 7.84. The molecule has 6 nitrogen and oxygen atoms in total. The number of hydrogen-bond acceptors (Lipinski definition) is 5. The van der Waals surface area contributed by atoms with E-state index in [0.29, 0.717) is 25.9 Å². The van der Waals surface area contributed by atoms with Crippen LogP contribution in [0.2, 0.25) is 0 Å². The SMILES string of the molecule is COC(=O)c1ccccc1S(=O)(=O)N1CCC(N)CC1. The fourth-order valence-electron chi connectivity index (χ4n) is 2.23. The summed E-state index contributed by atoms with van der Waals surface area (Å²) in [5, 5.41) is 0. The van der Waals surface area contributed by atoms with Gasteiger partial charge in [-0.05, 0) is 25.0 Å². The Bertz CT molecular complexity index is 592. The molecule has 1 saturated heterocycles. The highest BCUT2D eigenvalue weighted by atomic mass is 32.2. The van der Waals surface area contributed by atoms with Crippen LogP contribution >= 0.6 is 0 Å². The minimum Gasteiger partial charge on any atom is -0.465 e. The number of nitrogens with zero attached hydrogens (tertiary/aromatic N) is 1. The topological polar surface area (TPSA) is 89.7 Å². The van der Waals surface area contributed by atoms with Gasteiger partial charge in [0.15, 0.2) is 0 Å². The van der Waals surface area contributed by atoms with Crippen molar-refractivity contribution in [3.05, 3.63) is 29.8 Å². The molecule has 0 radical (unpaired) electrons. The number of rotatable bonds is 3. The van der Waals surface area contributed by atoms with Gasteiger partial charge < -0.3 is 10.5 Å². The number of piperidine rings is 1. The summed E-state index contributed by atoms with van der Waals surface area (Å²) in [6, 6.07) is 6.12. The van der Waals surface area contributed by atoms with Crippen molar-refractivity contribution in [2.24, 2.45) is 5.73 Å². The van der Waals surface area contributed by atoms with Crippen molar-refractivity contribution < 1.29 is 17.9 Å². The molecule has 0 bridgehead atoms. The molecule has 1 aromatic rings. The maximum absolute atomic E-state index is 12.6. The number of ether oxygens (including phenoxy) is 1. The molecule has 1 aliphatic heterocycles. The lowest BCUT2D eigenvalue weighted by Crippen LogP contribution is -2.43. The second kappa shape index (κ2) is 5.90. The summed E-state index contributed by atoms with van der Waals surface area (Å²) in [7, 11) is -2.47. The summed E-state index contributed by atoms with van der Waals surface area (Å²) in [6.07, 6.45) is 1.25. The largest absolute Gasteiger partial charge is 0.465 e. The third-order valence-electron chi connectivity index (χ3n) is 3.41. The number of carbonyl (C=O) groups excluding carboxylic acids is 1. The summed E-state index contributed by atoms with van der Waals surface area (Å²) in [5.41, 5.74) is 5.84. The van der Waals surface area contributed by atoms with E-state index in [-0.39, 0.29) is 16.5 Å². The van der Waals surface area contributed by atoms with Crippen molar-refractivity contribution in [1.29, 1.82) is 0 Å². The van der Waals surface area contributed by atoms with Crippen LogP contribution < -0.4 is 5.73 Å². The standard InChI is InChI=1S/C13H18N2O4S/c1-19-13(16)11-4-2-3-5-12(11)20(17,18)15-8-6-10(14)7-9-15/h2-5,10H,6-9,14H2,1H3. The summed E-state index contributed by atoms with van der Waals surface area (Å²) < 4.78 is 31.2. The molecule has 0 spiro atoms. The number of carbonyl (C=O) groups is 1. The Labute approximate surface area is 118 Å². The summed E-state index contributed by atoms with van der Waals surface area (Å²) in [4.78, 5) is 11.7. The average Bonchev–Trinajstić information content (AvgIpc) is 2.47. The highest BCUT2D eigenvalue weighted by Gasteiger charge is 2.31. The van der Waals surface area contributed by atoms with Crippen LogP contribution in [0.3, 0.4) is 0 Å². The molecule has 2 N–H and O–H groups in total. The van der Waals surface area contributed by atoms with Gasteiger partial charge in [0.25, 0.3) is 0 Å². The van der Waals surface area contributed by atoms with Crippen LogP contribution in [0.15, 0.2) is 29.2 Å². The molecule has 0 saturated carbocycles. The van der Waals surface area contributed by atoms with E-state index in [1.807, 2.05) is 0 Å². The van der Waals surface area contributed by atoms with E-state index in [1.165, 1.54) is 23.5 Å². The Hall–Kier alpha value is -1.44. The molecule has 0 atom stereocenters. The maximum Gasteiger partial charge on any atom is 0.339 e. The predicted molar refractivity (Wildman–Crippen MR) is 73.7 cm³/mol. The molecule has 0 unspecified atom stereocenters. The first-order valence-electron chi connectivity index (χ1n) is 6.40. The van der Waals surface area contributed by atoms with Gasteiger partial charge in [0, 0.05) is 19.1 Å². The van der Waals surface area contributed by atoms with Gasteiger partial charge in [0.05, 0.1) is 17.6 Å². The van der Waals surface area contributed by atoms with Crippen LogP contribution in [-0.4, -0.2) is 44.9 Å². The minimum absolute atomic E-state index is 0.0117. The van der Waals surface area contributed by atoms with Crippen LogP contribution in [0, 0.1) is 0 Å². The summed E-state index contributed by atoms with van der Waals surface area (Å²) in [5.74, 6) is -0.655. The van der Waals surface area contributed by atoms with Gasteiger partial charge >= 0.3 is 5.97 Å². The molecule has 110 valence electrons. The maximum atomic E-state index is 12.6. The van der Waals surface area contributed by atoms with Crippen molar-refractivity contribution in [3.8, 4) is 0 Å². The van der Waals surface area contributed by atoms with Crippen molar-refractivity contribution in [2.75, 3.05) is 20.2 Å². The van der Waals surface area contributed by atoms with E-state index in [9.17, 15) is 13.2 Å².